The van der Waals surface area contributed by atoms with Gasteiger partial charge in [0.1, 0.15) is 0 Å². The van der Waals surface area contributed by atoms with Gasteiger partial charge in [0.25, 0.3) is 0 Å². The van der Waals surface area contributed by atoms with Crippen molar-refractivity contribution in [3.8, 4) is 28.3 Å². The van der Waals surface area contributed by atoms with Crippen LogP contribution in [0.15, 0.2) is 176 Å². The largest absolute Gasteiger partial charge is 0.309 e. The van der Waals surface area contributed by atoms with Crippen molar-refractivity contribution in [3.63, 3.8) is 0 Å². The van der Waals surface area contributed by atoms with E-state index in [2.05, 4.69) is 180 Å². The topological polar surface area (TPSA) is 30.7 Å². The standard InChI is InChI=1S/C50H29N3S/c1-2-13-32-27-35(22-21-30(32)11-1)47-49-48(40-19-9-10-20-45(40)54-49)52-50(51-47)39-24-26-42(38-18-8-7-17-37(38)39)53-43-25-23-31-12-5-6-16-36(31)46(43)41-28-33-14-3-4-15-34(33)29-44(41)53/h1-29H. The van der Waals surface area contributed by atoms with Crippen molar-refractivity contribution >= 4 is 96.5 Å². The first-order chi connectivity index (χ1) is 26.8. The minimum absolute atomic E-state index is 0.733. The van der Waals surface area contributed by atoms with Crippen molar-refractivity contribution in [1.29, 1.82) is 0 Å². The normalized spacial score (nSPS) is 12.1. The van der Waals surface area contributed by atoms with Gasteiger partial charge in [-0.2, -0.15) is 0 Å². The Kier molecular flexibility index (Phi) is 6.21. The van der Waals surface area contributed by atoms with Crippen molar-refractivity contribution in [2.24, 2.45) is 0 Å². The summed E-state index contributed by atoms with van der Waals surface area (Å²) < 4.78 is 4.79. The zero-order valence-electron chi connectivity index (χ0n) is 29.0. The molecule has 0 bridgehead atoms. The van der Waals surface area contributed by atoms with Crippen LogP contribution in [0, 0.1) is 0 Å². The van der Waals surface area contributed by atoms with Crippen molar-refractivity contribution < 1.29 is 0 Å². The monoisotopic (exact) mass is 703 g/mol. The van der Waals surface area contributed by atoms with E-state index in [9.17, 15) is 0 Å². The van der Waals surface area contributed by atoms with Crippen LogP contribution in [0.1, 0.15) is 0 Å². The Morgan fingerprint density at radius 2 is 1.07 bits per heavy atom. The van der Waals surface area contributed by atoms with Gasteiger partial charge in [0.2, 0.25) is 0 Å². The average Bonchev–Trinajstić information content (AvgIpc) is 3.77. The molecule has 4 heteroatoms. The molecule has 9 aromatic carbocycles. The van der Waals surface area contributed by atoms with Gasteiger partial charge in [0.15, 0.2) is 5.82 Å². The van der Waals surface area contributed by atoms with Crippen LogP contribution in [0.2, 0.25) is 0 Å². The molecule has 0 aliphatic heterocycles. The fourth-order valence-corrected chi connectivity index (χ4v) is 9.80. The first kappa shape index (κ1) is 29.7. The molecule has 3 nitrogen and oxygen atoms in total. The highest BCUT2D eigenvalue weighted by atomic mass is 32.1. The maximum Gasteiger partial charge on any atom is 0.161 e. The summed E-state index contributed by atoms with van der Waals surface area (Å²) in [7, 11) is 0. The van der Waals surface area contributed by atoms with Crippen molar-refractivity contribution in [2.45, 2.75) is 0 Å². The first-order valence-corrected chi connectivity index (χ1v) is 19.1. The Morgan fingerprint density at radius 3 is 1.91 bits per heavy atom. The van der Waals surface area contributed by atoms with Crippen LogP contribution < -0.4 is 0 Å². The molecular formula is C50H29N3S. The number of nitrogens with zero attached hydrogens (tertiary/aromatic N) is 3. The SMILES string of the molecule is c1ccc2cc(-c3nc(-c4ccc(-n5c6cc7ccccc7cc6c6c7ccccc7ccc65)c5ccccc45)nc4c3sc3ccccc34)ccc2c1. The average molecular weight is 704 g/mol. The lowest BCUT2D eigenvalue weighted by Gasteiger charge is -2.15. The van der Waals surface area contributed by atoms with Crippen LogP contribution >= 0.6 is 11.3 Å². The van der Waals surface area contributed by atoms with Gasteiger partial charge in [-0.3, -0.25) is 0 Å². The quantitative estimate of drug-likeness (QED) is 0.183. The molecule has 3 heterocycles. The van der Waals surface area contributed by atoms with E-state index in [4.69, 9.17) is 9.97 Å². The van der Waals surface area contributed by atoms with Gasteiger partial charge >= 0.3 is 0 Å². The Hall–Kier alpha value is -6.88. The molecule has 0 saturated carbocycles. The molecule has 12 rings (SSSR count). The lowest BCUT2D eigenvalue weighted by molar-refractivity contribution is 1.20. The molecule has 0 N–H and O–H groups in total. The molecule has 12 aromatic rings. The van der Waals surface area contributed by atoms with E-state index in [0.717, 1.165) is 54.7 Å². The molecule has 3 aromatic heterocycles. The molecule has 54 heavy (non-hydrogen) atoms. The summed E-state index contributed by atoms with van der Waals surface area (Å²) in [5, 5.41) is 13.4. The molecule has 0 amide bonds. The van der Waals surface area contributed by atoms with Gasteiger partial charge in [-0.25, -0.2) is 9.97 Å². The van der Waals surface area contributed by atoms with Gasteiger partial charge in [-0.15, -0.1) is 11.3 Å². The Morgan fingerprint density at radius 1 is 0.426 bits per heavy atom. The number of benzene rings is 9. The third-order valence-electron chi connectivity index (χ3n) is 11.1. The minimum Gasteiger partial charge on any atom is -0.309 e. The maximum absolute atomic E-state index is 5.45. The number of hydrogen-bond acceptors (Lipinski definition) is 3. The first-order valence-electron chi connectivity index (χ1n) is 18.3. The molecule has 0 unspecified atom stereocenters. The maximum atomic E-state index is 5.45. The summed E-state index contributed by atoms with van der Waals surface area (Å²) in [6.07, 6.45) is 0. The molecular weight excluding hydrogens is 675 g/mol. The predicted octanol–water partition coefficient (Wildman–Crippen LogP) is 13.9. The lowest BCUT2D eigenvalue weighted by atomic mass is 10.0. The van der Waals surface area contributed by atoms with Crippen LogP contribution in [-0.2, 0) is 0 Å². The number of hydrogen-bond donors (Lipinski definition) is 0. The van der Waals surface area contributed by atoms with Crippen LogP contribution in [0.5, 0.6) is 0 Å². The highest BCUT2D eigenvalue weighted by Crippen LogP contribution is 2.43. The van der Waals surface area contributed by atoms with E-state index in [1.54, 1.807) is 11.3 Å². The third kappa shape index (κ3) is 4.29. The van der Waals surface area contributed by atoms with Crippen molar-refractivity contribution in [1.82, 2.24) is 14.5 Å². The Labute approximate surface area is 314 Å². The van der Waals surface area contributed by atoms with Crippen LogP contribution in [-0.4, -0.2) is 14.5 Å². The van der Waals surface area contributed by atoms with Gasteiger partial charge < -0.3 is 4.57 Å². The summed E-state index contributed by atoms with van der Waals surface area (Å²) in [4.78, 5) is 10.8. The molecule has 0 fully saturated rings. The molecule has 0 saturated heterocycles. The molecule has 0 aliphatic rings. The molecule has 0 atom stereocenters. The minimum atomic E-state index is 0.733. The fourth-order valence-electron chi connectivity index (χ4n) is 8.65. The van der Waals surface area contributed by atoms with Gasteiger partial charge in [-0.1, -0.05) is 133 Å². The van der Waals surface area contributed by atoms with Gasteiger partial charge in [0, 0.05) is 37.4 Å². The smallest absolute Gasteiger partial charge is 0.161 e. The van der Waals surface area contributed by atoms with E-state index >= 15 is 0 Å². The van der Waals surface area contributed by atoms with E-state index < -0.39 is 0 Å². The predicted molar refractivity (Wildman–Crippen MR) is 230 cm³/mol. The van der Waals surface area contributed by atoms with Gasteiger partial charge in [0.05, 0.1) is 32.6 Å². The number of fused-ring (bicyclic) bond motifs is 11. The van der Waals surface area contributed by atoms with E-state index in [-0.39, 0.29) is 0 Å². The second-order valence-electron chi connectivity index (χ2n) is 14.1. The second kappa shape index (κ2) is 11.3. The molecule has 250 valence electrons. The van der Waals surface area contributed by atoms with Crippen molar-refractivity contribution in [2.75, 3.05) is 0 Å². The van der Waals surface area contributed by atoms with Gasteiger partial charge in [-0.05, 0) is 80.2 Å². The third-order valence-corrected chi connectivity index (χ3v) is 12.3. The lowest BCUT2D eigenvalue weighted by Crippen LogP contribution is -1.98. The number of aromatic nitrogens is 3. The molecule has 0 aliphatic carbocycles. The summed E-state index contributed by atoms with van der Waals surface area (Å²) >= 11 is 1.77. The van der Waals surface area contributed by atoms with Crippen molar-refractivity contribution in [3.05, 3.63) is 176 Å². The van der Waals surface area contributed by atoms with E-state index in [0.29, 0.717) is 0 Å². The highest BCUT2D eigenvalue weighted by Gasteiger charge is 2.21. The number of rotatable bonds is 3. The van der Waals surface area contributed by atoms with Crippen LogP contribution in [0.3, 0.4) is 0 Å². The zero-order chi connectivity index (χ0) is 35.3. The highest BCUT2D eigenvalue weighted by molar-refractivity contribution is 7.26. The summed E-state index contributed by atoms with van der Waals surface area (Å²) in [6, 6.07) is 63.7. The fraction of sp³-hybridized carbons (Fsp3) is 0. The van der Waals surface area contributed by atoms with Crippen LogP contribution in [0.25, 0.3) is 114 Å². The summed E-state index contributed by atoms with van der Waals surface area (Å²) in [5.74, 6) is 0.733. The zero-order valence-corrected chi connectivity index (χ0v) is 29.8. The Balaban J connectivity index is 1.15. The second-order valence-corrected chi connectivity index (χ2v) is 15.2. The number of thiophene rings is 1. The van der Waals surface area contributed by atoms with E-state index in [1.807, 2.05) is 0 Å². The summed E-state index contributed by atoms with van der Waals surface area (Å²) in [6.45, 7) is 0. The Bertz CT molecular complexity index is 3520. The molecule has 0 radical (unpaired) electrons. The van der Waals surface area contributed by atoms with Crippen LogP contribution in [0.4, 0.5) is 0 Å². The summed E-state index contributed by atoms with van der Waals surface area (Å²) in [5.41, 5.74) is 7.60. The van der Waals surface area contributed by atoms with E-state index in [1.165, 1.54) is 58.8 Å². The molecule has 0 spiro atoms.